The maximum Gasteiger partial charge on any atom is 0.327 e. The summed E-state index contributed by atoms with van der Waals surface area (Å²) in [5.41, 5.74) is 0. The zero-order valence-corrected chi connectivity index (χ0v) is 6.91. The fraction of sp³-hybridized carbons (Fsp3) is 0.714. The van der Waals surface area contributed by atoms with Crippen molar-refractivity contribution in [2.24, 2.45) is 0 Å². The van der Waals surface area contributed by atoms with E-state index >= 15 is 0 Å². The van der Waals surface area contributed by atoms with Crippen molar-refractivity contribution >= 4 is 11.9 Å². The molecule has 68 valence electrons. The van der Waals surface area contributed by atoms with E-state index in [4.69, 9.17) is 5.11 Å². The average Bonchev–Trinajstić information content (AvgIpc) is 2.04. The molecule has 1 aliphatic rings. The maximum atomic E-state index is 10.9. The molecule has 5 nitrogen and oxygen atoms in total. The molecular formula is C7H12N2O3. The first-order valence-electron chi connectivity index (χ1n) is 3.83. The lowest BCUT2D eigenvalue weighted by atomic mass is 10.2. The van der Waals surface area contributed by atoms with E-state index < -0.39 is 12.0 Å². The highest BCUT2D eigenvalue weighted by molar-refractivity contribution is 5.82. The Morgan fingerprint density at radius 3 is 2.67 bits per heavy atom. The average molecular weight is 172 g/mol. The minimum absolute atomic E-state index is 0.177. The molecule has 1 amide bonds. The van der Waals surface area contributed by atoms with Gasteiger partial charge in [-0.3, -0.25) is 4.79 Å². The molecule has 0 aromatic rings. The Balaban J connectivity index is 2.67. The number of amides is 1. The third-order valence-electron chi connectivity index (χ3n) is 1.93. The molecular weight excluding hydrogens is 160 g/mol. The summed E-state index contributed by atoms with van der Waals surface area (Å²) < 4.78 is 0. The number of carbonyl (C=O) groups excluding carboxylic acids is 1. The second-order valence-electron chi connectivity index (χ2n) is 2.77. The van der Waals surface area contributed by atoms with Crippen molar-refractivity contribution in [1.82, 2.24) is 10.2 Å². The highest BCUT2D eigenvalue weighted by Gasteiger charge is 2.29. The van der Waals surface area contributed by atoms with E-state index in [1.165, 1.54) is 11.8 Å². The topological polar surface area (TPSA) is 69.6 Å². The van der Waals surface area contributed by atoms with Crippen LogP contribution in [0.3, 0.4) is 0 Å². The minimum Gasteiger partial charge on any atom is -0.480 e. The van der Waals surface area contributed by atoms with Crippen LogP contribution in [-0.4, -0.2) is 47.6 Å². The van der Waals surface area contributed by atoms with Crippen LogP contribution in [0.5, 0.6) is 0 Å². The summed E-state index contributed by atoms with van der Waals surface area (Å²) in [6, 6.07) is -0.698. The van der Waals surface area contributed by atoms with Gasteiger partial charge < -0.3 is 15.3 Å². The quantitative estimate of drug-likeness (QED) is 0.526. The molecule has 0 unspecified atom stereocenters. The van der Waals surface area contributed by atoms with Crippen LogP contribution >= 0.6 is 0 Å². The van der Waals surface area contributed by atoms with Crippen LogP contribution in [0.4, 0.5) is 0 Å². The second kappa shape index (κ2) is 3.53. The van der Waals surface area contributed by atoms with Gasteiger partial charge in [-0.05, 0) is 0 Å². The van der Waals surface area contributed by atoms with Gasteiger partial charge in [0.1, 0.15) is 6.04 Å². The second-order valence-corrected chi connectivity index (χ2v) is 2.77. The minimum atomic E-state index is -0.947. The maximum absolute atomic E-state index is 10.9. The molecule has 1 aliphatic heterocycles. The first-order chi connectivity index (χ1) is 5.63. The van der Waals surface area contributed by atoms with E-state index in [0.717, 1.165) is 0 Å². The SMILES string of the molecule is CC(=O)N1CCNC[C@@H]1C(=O)O. The Labute approximate surface area is 70.4 Å². The zero-order chi connectivity index (χ0) is 9.14. The molecule has 0 spiro atoms. The van der Waals surface area contributed by atoms with Gasteiger partial charge in [0.2, 0.25) is 5.91 Å². The Morgan fingerprint density at radius 1 is 1.58 bits per heavy atom. The summed E-state index contributed by atoms with van der Waals surface area (Å²) >= 11 is 0. The third kappa shape index (κ3) is 1.73. The van der Waals surface area contributed by atoms with Crippen LogP contribution in [0.15, 0.2) is 0 Å². The van der Waals surface area contributed by atoms with Crippen LogP contribution in [0.1, 0.15) is 6.92 Å². The standard InChI is InChI=1S/C7H12N2O3/c1-5(10)9-3-2-8-4-6(9)7(11)12/h6,8H,2-4H2,1H3,(H,11,12)/t6-/m1/s1. The molecule has 0 aromatic heterocycles. The Bertz CT molecular complexity index is 183. The Kier molecular flexibility index (Phi) is 2.65. The lowest BCUT2D eigenvalue weighted by molar-refractivity contribution is -0.150. The molecule has 0 aliphatic carbocycles. The van der Waals surface area contributed by atoms with Gasteiger partial charge in [0.15, 0.2) is 0 Å². The van der Waals surface area contributed by atoms with Gasteiger partial charge in [-0.25, -0.2) is 4.79 Å². The predicted molar refractivity (Wildman–Crippen MR) is 41.7 cm³/mol. The van der Waals surface area contributed by atoms with Crippen molar-refractivity contribution in [2.45, 2.75) is 13.0 Å². The Morgan fingerprint density at radius 2 is 2.25 bits per heavy atom. The lowest BCUT2D eigenvalue weighted by Crippen LogP contribution is -2.56. The van der Waals surface area contributed by atoms with E-state index in [0.29, 0.717) is 19.6 Å². The van der Waals surface area contributed by atoms with Gasteiger partial charge in [0.25, 0.3) is 0 Å². The first kappa shape index (κ1) is 8.99. The number of piperazine rings is 1. The number of hydrogen-bond donors (Lipinski definition) is 2. The first-order valence-corrected chi connectivity index (χ1v) is 3.83. The van der Waals surface area contributed by atoms with Gasteiger partial charge in [-0.1, -0.05) is 0 Å². The van der Waals surface area contributed by atoms with E-state index in [9.17, 15) is 9.59 Å². The monoisotopic (exact) mass is 172 g/mol. The van der Waals surface area contributed by atoms with Crippen molar-refractivity contribution in [3.8, 4) is 0 Å². The molecule has 0 bridgehead atoms. The predicted octanol–water partition coefficient (Wildman–Crippen LogP) is -1.11. The fourth-order valence-electron chi connectivity index (χ4n) is 1.30. The van der Waals surface area contributed by atoms with Crippen LogP contribution in [-0.2, 0) is 9.59 Å². The molecule has 1 heterocycles. The number of carboxylic acid groups (broad SMARTS) is 1. The molecule has 5 heteroatoms. The number of carbonyl (C=O) groups is 2. The van der Waals surface area contributed by atoms with Crippen LogP contribution in [0.25, 0.3) is 0 Å². The van der Waals surface area contributed by atoms with Crippen molar-refractivity contribution in [2.75, 3.05) is 19.6 Å². The Hall–Kier alpha value is -1.10. The highest BCUT2D eigenvalue weighted by atomic mass is 16.4. The molecule has 1 fully saturated rings. The van der Waals surface area contributed by atoms with E-state index in [2.05, 4.69) is 5.32 Å². The van der Waals surface area contributed by atoms with E-state index in [1.807, 2.05) is 0 Å². The van der Waals surface area contributed by atoms with Crippen molar-refractivity contribution in [1.29, 1.82) is 0 Å². The van der Waals surface area contributed by atoms with Gasteiger partial charge in [-0.2, -0.15) is 0 Å². The molecule has 0 aromatic carbocycles. The molecule has 1 atom stereocenters. The molecule has 1 rings (SSSR count). The van der Waals surface area contributed by atoms with E-state index in [-0.39, 0.29) is 5.91 Å². The third-order valence-corrected chi connectivity index (χ3v) is 1.93. The number of nitrogens with one attached hydrogen (secondary N) is 1. The van der Waals surface area contributed by atoms with E-state index in [1.54, 1.807) is 0 Å². The summed E-state index contributed by atoms with van der Waals surface area (Å²) in [5, 5.41) is 11.6. The van der Waals surface area contributed by atoms with Crippen LogP contribution in [0, 0.1) is 0 Å². The number of carboxylic acids is 1. The molecule has 0 saturated carbocycles. The summed E-state index contributed by atoms with van der Waals surface area (Å²) in [6.07, 6.45) is 0. The smallest absolute Gasteiger partial charge is 0.327 e. The highest BCUT2D eigenvalue weighted by Crippen LogP contribution is 2.03. The lowest BCUT2D eigenvalue weighted by Gasteiger charge is -2.32. The summed E-state index contributed by atoms with van der Waals surface area (Å²) in [4.78, 5) is 23.0. The molecule has 0 radical (unpaired) electrons. The van der Waals surface area contributed by atoms with Crippen LogP contribution in [0.2, 0.25) is 0 Å². The van der Waals surface area contributed by atoms with Crippen molar-refractivity contribution in [3.05, 3.63) is 0 Å². The van der Waals surface area contributed by atoms with Crippen molar-refractivity contribution in [3.63, 3.8) is 0 Å². The van der Waals surface area contributed by atoms with Gasteiger partial charge in [0.05, 0.1) is 0 Å². The largest absolute Gasteiger partial charge is 0.480 e. The molecule has 12 heavy (non-hydrogen) atoms. The summed E-state index contributed by atoms with van der Waals surface area (Å²) in [5.74, 6) is -1.12. The normalized spacial score (nSPS) is 23.8. The number of hydrogen-bond acceptors (Lipinski definition) is 3. The molecule has 2 N–H and O–H groups in total. The number of nitrogens with zero attached hydrogens (tertiary/aromatic N) is 1. The van der Waals surface area contributed by atoms with Crippen LogP contribution < -0.4 is 5.32 Å². The summed E-state index contributed by atoms with van der Waals surface area (Å²) in [6.45, 7) is 2.88. The zero-order valence-electron chi connectivity index (χ0n) is 6.91. The van der Waals surface area contributed by atoms with Gasteiger partial charge >= 0.3 is 5.97 Å². The van der Waals surface area contributed by atoms with Gasteiger partial charge in [-0.15, -0.1) is 0 Å². The van der Waals surface area contributed by atoms with Crippen molar-refractivity contribution < 1.29 is 14.7 Å². The fourth-order valence-corrected chi connectivity index (χ4v) is 1.30. The summed E-state index contributed by atoms with van der Waals surface area (Å²) in [7, 11) is 0. The van der Waals surface area contributed by atoms with Gasteiger partial charge in [0, 0.05) is 26.6 Å². The number of rotatable bonds is 1. The number of aliphatic carboxylic acids is 1. The molecule has 1 saturated heterocycles.